The van der Waals surface area contributed by atoms with Crippen LogP contribution in [0.5, 0.6) is 0 Å². The molecule has 0 atom stereocenters. The first-order chi connectivity index (χ1) is 10.8. The zero-order chi connectivity index (χ0) is 15.2. The van der Waals surface area contributed by atoms with E-state index in [1.165, 1.54) is 0 Å². The number of rotatable bonds is 4. The molecule has 1 saturated heterocycles. The molecule has 1 amide bonds. The Morgan fingerprint density at radius 3 is 2.73 bits per heavy atom. The van der Waals surface area contributed by atoms with Gasteiger partial charge in [-0.2, -0.15) is 0 Å². The number of aromatic nitrogens is 3. The van der Waals surface area contributed by atoms with Crippen molar-refractivity contribution in [1.29, 1.82) is 0 Å². The van der Waals surface area contributed by atoms with Gasteiger partial charge in [-0.25, -0.2) is 9.97 Å². The Morgan fingerprint density at radius 1 is 1.18 bits per heavy atom. The number of hydrogen-bond donors (Lipinski definition) is 1. The van der Waals surface area contributed by atoms with Crippen LogP contribution in [0.4, 0.5) is 5.95 Å². The largest absolute Gasteiger partial charge is 0.378 e. The fraction of sp³-hybridized carbons (Fsp3) is 0.333. The van der Waals surface area contributed by atoms with Crippen LogP contribution in [0.15, 0.2) is 36.8 Å². The molecule has 0 aliphatic carbocycles. The first-order valence-corrected chi connectivity index (χ1v) is 7.16. The Balaban J connectivity index is 1.65. The van der Waals surface area contributed by atoms with Crippen LogP contribution in [0, 0.1) is 0 Å². The molecule has 0 bridgehead atoms. The van der Waals surface area contributed by atoms with Crippen molar-refractivity contribution < 1.29 is 9.53 Å². The topological polar surface area (TPSA) is 80.2 Å². The van der Waals surface area contributed by atoms with Crippen molar-refractivity contribution in [2.24, 2.45) is 0 Å². The highest BCUT2D eigenvalue weighted by Gasteiger charge is 2.19. The zero-order valence-corrected chi connectivity index (χ0v) is 12.1. The van der Waals surface area contributed by atoms with Gasteiger partial charge < -0.3 is 15.0 Å². The van der Waals surface area contributed by atoms with Gasteiger partial charge in [0, 0.05) is 38.2 Å². The number of nitrogens with zero attached hydrogens (tertiary/aromatic N) is 4. The second-order valence-electron chi connectivity index (χ2n) is 4.88. The predicted octanol–water partition coefficient (Wildman–Crippen LogP) is 0.956. The monoisotopic (exact) mass is 299 g/mol. The molecule has 3 rings (SSSR count). The van der Waals surface area contributed by atoms with E-state index in [0.717, 1.165) is 5.56 Å². The maximum absolute atomic E-state index is 12.4. The van der Waals surface area contributed by atoms with Crippen LogP contribution in [0.1, 0.15) is 16.1 Å². The fourth-order valence-electron chi connectivity index (χ4n) is 2.17. The summed E-state index contributed by atoms with van der Waals surface area (Å²) < 4.78 is 5.25. The van der Waals surface area contributed by atoms with E-state index in [1.54, 1.807) is 29.6 Å². The van der Waals surface area contributed by atoms with E-state index >= 15 is 0 Å². The summed E-state index contributed by atoms with van der Waals surface area (Å²) in [4.78, 5) is 26.5. The summed E-state index contributed by atoms with van der Waals surface area (Å²) in [6.45, 7) is 2.93. The Labute approximate surface area is 128 Å². The Hall–Kier alpha value is -2.54. The van der Waals surface area contributed by atoms with Gasteiger partial charge >= 0.3 is 0 Å². The lowest BCUT2D eigenvalue weighted by atomic mass is 10.3. The third kappa shape index (κ3) is 3.56. The number of pyridine rings is 1. The molecule has 0 radical (unpaired) electrons. The van der Waals surface area contributed by atoms with Gasteiger partial charge in [0.25, 0.3) is 5.91 Å². The van der Waals surface area contributed by atoms with Gasteiger partial charge in [0.2, 0.25) is 5.95 Å². The van der Waals surface area contributed by atoms with E-state index in [1.807, 2.05) is 12.1 Å². The van der Waals surface area contributed by atoms with Crippen molar-refractivity contribution in [2.75, 3.05) is 31.6 Å². The van der Waals surface area contributed by atoms with E-state index in [0.29, 0.717) is 44.5 Å². The van der Waals surface area contributed by atoms with Crippen molar-refractivity contribution in [3.05, 3.63) is 48.0 Å². The molecule has 0 spiro atoms. The quantitative estimate of drug-likeness (QED) is 0.905. The van der Waals surface area contributed by atoms with Crippen LogP contribution in [0.25, 0.3) is 0 Å². The smallest absolute Gasteiger partial charge is 0.272 e. The lowest BCUT2D eigenvalue weighted by molar-refractivity contribution is 0.0299. The fourth-order valence-corrected chi connectivity index (χ4v) is 2.17. The molecule has 0 unspecified atom stereocenters. The molecular weight excluding hydrogens is 282 g/mol. The van der Waals surface area contributed by atoms with Gasteiger partial charge in [0.15, 0.2) is 0 Å². The summed E-state index contributed by atoms with van der Waals surface area (Å²) in [5.74, 6) is 0.355. The van der Waals surface area contributed by atoms with Gasteiger partial charge in [-0.15, -0.1) is 0 Å². The minimum absolute atomic E-state index is 0.0855. The number of carbonyl (C=O) groups is 1. The van der Waals surface area contributed by atoms with E-state index in [4.69, 9.17) is 4.74 Å². The Morgan fingerprint density at radius 2 is 1.95 bits per heavy atom. The van der Waals surface area contributed by atoms with Crippen LogP contribution < -0.4 is 5.32 Å². The molecule has 0 saturated carbocycles. The first kappa shape index (κ1) is 14.4. The lowest BCUT2D eigenvalue weighted by Gasteiger charge is -2.26. The van der Waals surface area contributed by atoms with Crippen LogP contribution in [0.3, 0.4) is 0 Å². The first-order valence-electron chi connectivity index (χ1n) is 7.16. The SMILES string of the molecule is O=C(c1ccnc(NCc2ccncc2)n1)N1CCOCC1. The van der Waals surface area contributed by atoms with Crippen molar-refractivity contribution >= 4 is 11.9 Å². The summed E-state index contributed by atoms with van der Waals surface area (Å²) in [6, 6.07) is 5.46. The summed E-state index contributed by atoms with van der Waals surface area (Å²) in [5, 5.41) is 3.11. The van der Waals surface area contributed by atoms with Gasteiger partial charge in [-0.1, -0.05) is 0 Å². The Kier molecular flexibility index (Phi) is 4.55. The van der Waals surface area contributed by atoms with Gasteiger partial charge in [-0.3, -0.25) is 9.78 Å². The number of amides is 1. The Bertz CT molecular complexity index is 629. The molecule has 0 aromatic carbocycles. The summed E-state index contributed by atoms with van der Waals surface area (Å²) in [6.07, 6.45) is 5.06. The number of hydrogen-bond acceptors (Lipinski definition) is 6. The minimum Gasteiger partial charge on any atom is -0.378 e. The average molecular weight is 299 g/mol. The molecule has 22 heavy (non-hydrogen) atoms. The second-order valence-corrected chi connectivity index (χ2v) is 4.88. The summed E-state index contributed by atoms with van der Waals surface area (Å²) in [7, 11) is 0. The van der Waals surface area contributed by atoms with E-state index in [9.17, 15) is 4.79 Å². The van der Waals surface area contributed by atoms with Crippen molar-refractivity contribution in [2.45, 2.75) is 6.54 Å². The minimum atomic E-state index is -0.0855. The van der Waals surface area contributed by atoms with Crippen LogP contribution in [-0.2, 0) is 11.3 Å². The van der Waals surface area contributed by atoms with E-state index in [2.05, 4.69) is 20.3 Å². The molecule has 3 heterocycles. The molecular formula is C15H17N5O2. The van der Waals surface area contributed by atoms with Crippen LogP contribution >= 0.6 is 0 Å². The maximum Gasteiger partial charge on any atom is 0.272 e. The van der Waals surface area contributed by atoms with Crippen molar-refractivity contribution in [3.63, 3.8) is 0 Å². The molecule has 1 fully saturated rings. The highest BCUT2D eigenvalue weighted by molar-refractivity contribution is 5.92. The third-order valence-corrected chi connectivity index (χ3v) is 3.37. The maximum atomic E-state index is 12.4. The number of morpholine rings is 1. The van der Waals surface area contributed by atoms with E-state index in [-0.39, 0.29) is 5.91 Å². The molecule has 114 valence electrons. The predicted molar refractivity (Wildman–Crippen MR) is 80.3 cm³/mol. The summed E-state index contributed by atoms with van der Waals surface area (Å²) in [5.41, 5.74) is 1.47. The van der Waals surface area contributed by atoms with Crippen LogP contribution in [-0.4, -0.2) is 52.1 Å². The number of nitrogens with one attached hydrogen (secondary N) is 1. The van der Waals surface area contributed by atoms with Gasteiger partial charge in [-0.05, 0) is 23.8 Å². The molecule has 1 aliphatic rings. The molecule has 2 aromatic rings. The van der Waals surface area contributed by atoms with E-state index < -0.39 is 0 Å². The van der Waals surface area contributed by atoms with Crippen molar-refractivity contribution in [1.82, 2.24) is 19.9 Å². The lowest BCUT2D eigenvalue weighted by Crippen LogP contribution is -2.41. The standard InChI is InChI=1S/C15H17N5O2/c21-14(20-7-9-22-10-8-20)13-3-6-17-15(19-13)18-11-12-1-4-16-5-2-12/h1-6H,7-11H2,(H,17,18,19). The van der Waals surface area contributed by atoms with Gasteiger partial charge in [0.05, 0.1) is 13.2 Å². The molecule has 7 heteroatoms. The number of anilines is 1. The molecule has 1 N–H and O–H groups in total. The van der Waals surface area contributed by atoms with Crippen LogP contribution in [0.2, 0.25) is 0 Å². The molecule has 2 aromatic heterocycles. The highest BCUT2D eigenvalue weighted by Crippen LogP contribution is 2.08. The number of carbonyl (C=O) groups excluding carboxylic acids is 1. The normalized spacial score (nSPS) is 14.6. The zero-order valence-electron chi connectivity index (χ0n) is 12.1. The highest BCUT2D eigenvalue weighted by atomic mass is 16.5. The molecule has 7 nitrogen and oxygen atoms in total. The summed E-state index contributed by atoms with van der Waals surface area (Å²) >= 11 is 0. The second kappa shape index (κ2) is 6.95. The van der Waals surface area contributed by atoms with Gasteiger partial charge in [0.1, 0.15) is 5.69 Å². The average Bonchev–Trinajstić information content (AvgIpc) is 2.61. The van der Waals surface area contributed by atoms with Crippen molar-refractivity contribution in [3.8, 4) is 0 Å². The number of ether oxygens (including phenoxy) is 1. The third-order valence-electron chi connectivity index (χ3n) is 3.37. The molecule has 1 aliphatic heterocycles.